The van der Waals surface area contributed by atoms with Crippen molar-refractivity contribution in [1.82, 2.24) is 9.99 Å². The summed E-state index contributed by atoms with van der Waals surface area (Å²) in [6.07, 6.45) is 6.69. The van der Waals surface area contributed by atoms with E-state index in [4.69, 9.17) is 10.5 Å². The minimum absolute atomic E-state index is 0.112. The van der Waals surface area contributed by atoms with Crippen molar-refractivity contribution in [2.75, 3.05) is 5.43 Å². The van der Waals surface area contributed by atoms with Gasteiger partial charge < -0.3 is 9.99 Å². The van der Waals surface area contributed by atoms with E-state index < -0.39 is 0 Å². The quantitative estimate of drug-likeness (QED) is 0.795. The van der Waals surface area contributed by atoms with Crippen molar-refractivity contribution in [1.29, 1.82) is 10.5 Å². The van der Waals surface area contributed by atoms with Crippen LogP contribution in [0.15, 0.2) is 6.20 Å². The molecule has 2 N–H and O–H groups in total. The number of aromatic nitrogens is 1. The summed E-state index contributed by atoms with van der Waals surface area (Å²) in [5.74, 6) is 1.16. The Morgan fingerprint density at radius 1 is 1.37 bits per heavy atom. The lowest BCUT2D eigenvalue weighted by Crippen LogP contribution is -2.27. The van der Waals surface area contributed by atoms with Gasteiger partial charge in [0.05, 0.1) is 5.56 Å². The molecule has 0 aliphatic carbocycles. The molecule has 0 amide bonds. The van der Waals surface area contributed by atoms with E-state index in [1.54, 1.807) is 6.20 Å². The zero-order valence-corrected chi connectivity index (χ0v) is 11.4. The molecule has 0 radical (unpaired) electrons. The molecular weight excluding hydrogens is 238 g/mol. The summed E-state index contributed by atoms with van der Waals surface area (Å²) in [6.45, 7) is 4.39. The van der Waals surface area contributed by atoms with Crippen molar-refractivity contribution in [3.63, 3.8) is 0 Å². The summed E-state index contributed by atoms with van der Waals surface area (Å²) < 4.78 is 1.98. The van der Waals surface area contributed by atoms with Gasteiger partial charge in [-0.25, -0.2) is 5.43 Å². The van der Waals surface area contributed by atoms with Gasteiger partial charge in [-0.3, -0.25) is 0 Å². The largest absolute Gasteiger partial charge is 0.313 e. The van der Waals surface area contributed by atoms with Crippen LogP contribution in [0, 0.1) is 28.6 Å². The fourth-order valence-electron chi connectivity index (χ4n) is 2.57. The normalized spacial score (nSPS) is 18.2. The second-order valence-electron chi connectivity index (χ2n) is 5.08. The number of unbranched alkanes of at least 4 members (excludes halogenated alkanes) is 2. The molecule has 2 unspecified atom stereocenters. The van der Waals surface area contributed by atoms with Gasteiger partial charge in [0, 0.05) is 6.20 Å². The molecule has 0 fully saturated rings. The van der Waals surface area contributed by atoms with Crippen LogP contribution in [0.4, 0.5) is 5.82 Å². The molecule has 5 heteroatoms. The number of hydrogen-bond acceptors (Lipinski definition) is 4. The van der Waals surface area contributed by atoms with Crippen LogP contribution < -0.4 is 10.9 Å². The molecule has 0 aromatic carbocycles. The summed E-state index contributed by atoms with van der Waals surface area (Å²) >= 11 is 0. The Balaban J connectivity index is 2.16. The van der Waals surface area contributed by atoms with E-state index in [1.165, 1.54) is 19.3 Å². The summed E-state index contributed by atoms with van der Waals surface area (Å²) in [5, 5.41) is 18.2. The number of fused-ring (bicyclic) bond motifs is 1. The molecule has 1 aromatic heterocycles. The molecule has 0 saturated carbocycles. The number of nitriles is 2. The standard InChI is InChI=1S/C14H19N5/c1-3-4-5-6-10(2)13-17-18-14-12(8-16)11(7-15)9-19(13)14/h9-10,13,17-18H,3-6H2,1-2H3. The van der Waals surface area contributed by atoms with Gasteiger partial charge in [0.1, 0.15) is 29.7 Å². The molecule has 100 valence electrons. The zero-order valence-electron chi connectivity index (χ0n) is 11.4. The lowest BCUT2D eigenvalue weighted by atomic mass is 10.0. The first-order valence-electron chi connectivity index (χ1n) is 6.79. The smallest absolute Gasteiger partial charge is 0.141 e. The van der Waals surface area contributed by atoms with Crippen LogP contribution in [0.25, 0.3) is 0 Å². The number of nitrogens with one attached hydrogen (secondary N) is 2. The third-order valence-electron chi connectivity index (χ3n) is 3.70. The van der Waals surface area contributed by atoms with Crippen LogP contribution in [0.5, 0.6) is 0 Å². The van der Waals surface area contributed by atoms with Crippen molar-refractivity contribution in [3.8, 4) is 12.1 Å². The SMILES string of the molecule is CCCCCC(C)C1NNc2c(C#N)c(C#N)cn21. The maximum absolute atomic E-state index is 9.12. The Labute approximate surface area is 113 Å². The second kappa shape index (κ2) is 5.77. The van der Waals surface area contributed by atoms with Crippen molar-refractivity contribution >= 4 is 5.82 Å². The van der Waals surface area contributed by atoms with E-state index in [-0.39, 0.29) is 6.17 Å². The highest BCUT2D eigenvalue weighted by atomic mass is 15.5. The van der Waals surface area contributed by atoms with E-state index in [0.29, 0.717) is 22.9 Å². The molecule has 0 bridgehead atoms. The first-order chi connectivity index (χ1) is 9.22. The second-order valence-corrected chi connectivity index (χ2v) is 5.08. The number of hydrazine groups is 1. The molecule has 1 aliphatic rings. The molecular formula is C14H19N5. The summed E-state index contributed by atoms with van der Waals surface area (Å²) in [7, 11) is 0. The fraction of sp³-hybridized carbons (Fsp3) is 0.571. The van der Waals surface area contributed by atoms with Crippen LogP contribution in [0.1, 0.15) is 56.8 Å². The van der Waals surface area contributed by atoms with Gasteiger partial charge in [-0.05, 0) is 12.3 Å². The van der Waals surface area contributed by atoms with Crippen LogP contribution >= 0.6 is 0 Å². The van der Waals surface area contributed by atoms with E-state index in [1.807, 2.05) is 4.57 Å². The highest BCUT2D eigenvalue weighted by Gasteiger charge is 2.29. The molecule has 1 aromatic rings. The molecule has 0 spiro atoms. The van der Waals surface area contributed by atoms with Gasteiger partial charge in [-0.2, -0.15) is 10.5 Å². The molecule has 1 aliphatic heterocycles. The van der Waals surface area contributed by atoms with E-state index in [2.05, 4.69) is 36.8 Å². The summed E-state index contributed by atoms with van der Waals surface area (Å²) in [6, 6.07) is 4.17. The first kappa shape index (κ1) is 13.5. The van der Waals surface area contributed by atoms with E-state index in [9.17, 15) is 0 Å². The Morgan fingerprint density at radius 2 is 2.16 bits per heavy atom. The maximum Gasteiger partial charge on any atom is 0.141 e. The number of nitrogens with zero attached hydrogens (tertiary/aromatic N) is 3. The maximum atomic E-state index is 9.12. The highest BCUT2D eigenvalue weighted by Crippen LogP contribution is 2.33. The Kier molecular flexibility index (Phi) is 4.09. The molecule has 0 saturated heterocycles. The van der Waals surface area contributed by atoms with Gasteiger partial charge in [0.2, 0.25) is 0 Å². The van der Waals surface area contributed by atoms with Gasteiger partial charge in [0.15, 0.2) is 0 Å². The van der Waals surface area contributed by atoms with Crippen LogP contribution in [-0.4, -0.2) is 4.57 Å². The molecule has 5 nitrogen and oxygen atoms in total. The van der Waals surface area contributed by atoms with E-state index >= 15 is 0 Å². The third kappa shape index (κ3) is 2.43. The number of rotatable bonds is 5. The zero-order chi connectivity index (χ0) is 13.8. The lowest BCUT2D eigenvalue weighted by Gasteiger charge is -2.20. The molecule has 19 heavy (non-hydrogen) atoms. The van der Waals surface area contributed by atoms with Gasteiger partial charge in [0.25, 0.3) is 0 Å². The van der Waals surface area contributed by atoms with E-state index in [0.717, 1.165) is 6.42 Å². The van der Waals surface area contributed by atoms with Crippen molar-refractivity contribution in [2.45, 2.75) is 45.7 Å². The van der Waals surface area contributed by atoms with Gasteiger partial charge in [-0.15, -0.1) is 0 Å². The molecule has 2 rings (SSSR count). The Hall–Kier alpha value is -1.98. The van der Waals surface area contributed by atoms with Gasteiger partial charge >= 0.3 is 0 Å². The average molecular weight is 257 g/mol. The van der Waals surface area contributed by atoms with Crippen LogP contribution in [0.3, 0.4) is 0 Å². The predicted octanol–water partition coefficient (Wildman–Crippen LogP) is 2.88. The number of hydrogen-bond donors (Lipinski definition) is 2. The Bertz CT molecular complexity index is 531. The monoisotopic (exact) mass is 257 g/mol. The third-order valence-corrected chi connectivity index (χ3v) is 3.70. The first-order valence-corrected chi connectivity index (χ1v) is 6.79. The molecule has 2 atom stereocenters. The topological polar surface area (TPSA) is 76.6 Å². The lowest BCUT2D eigenvalue weighted by molar-refractivity contribution is 0.311. The fourth-order valence-corrected chi connectivity index (χ4v) is 2.57. The Morgan fingerprint density at radius 3 is 2.79 bits per heavy atom. The minimum atomic E-state index is 0.112. The summed E-state index contributed by atoms with van der Waals surface area (Å²) in [5.41, 5.74) is 7.11. The van der Waals surface area contributed by atoms with Crippen LogP contribution in [-0.2, 0) is 0 Å². The predicted molar refractivity (Wildman–Crippen MR) is 73.0 cm³/mol. The van der Waals surface area contributed by atoms with Crippen molar-refractivity contribution < 1.29 is 0 Å². The number of anilines is 1. The van der Waals surface area contributed by atoms with Crippen molar-refractivity contribution in [2.24, 2.45) is 5.92 Å². The summed E-state index contributed by atoms with van der Waals surface area (Å²) in [4.78, 5) is 0. The van der Waals surface area contributed by atoms with Gasteiger partial charge in [-0.1, -0.05) is 33.1 Å². The minimum Gasteiger partial charge on any atom is -0.313 e. The highest BCUT2D eigenvalue weighted by molar-refractivity contribution is 5.63. The average Bonchev–Trinajstić information content (AvgIpc) is 2.96. The van der Waals surface area contributed by atoms with Crippen molar-refractivity contribution in [3.05, 3.63) is 17.3 Å². The van der Waals surface area contributed by atoms with Crippen LogP contribution in [0.2, 0.25) is 0 Å². The molecule has 2 heterocycles.